The van der Waals surface area contributed by atoms with Crippen molar-refractivity contribution in [3.8, 4) is 0 Å². The first-order valence-corrected chi connectivity index (χ1v) is 6.07. The molecule has 0 aliphatic carbocycles. The average molecular weight is 184 g/mol. The van der Waals surface area contributed by atoms with Crippen molar-refractivity contribution in [2.75, 3.05) is 0 Å². The summed E-state index contributed by atoms with van der Waals surface area (Å²) in [7, 11) is 0. The van der Waals surface area contributed by atoms with Gasteiger partial charge in [0, 0.05) is 0 Å². The minimum absolute atomic E-state index is 0.614. The van der Waals surface area contributed by atoms with E-state index in [1.807, 2.05) is 0 Å². The van der Waals surface area contributed by atoms with E-state index in [-0.39, 0.29) is 0 Å². The van der Waals surface area contributed by atoms with E-state index in [0.717, 1.165) is 11.8 Å². The maximum absolute atomic E-state index is 2.38. The van der Waals surface area contributed by atoms with Gasteiger partial charge in [-0.3, -0.25) is 0 Å². The molecule has 0 spiro atoms. The standard InChI is InChI=1S/C13H28/c1-7-12(11(5)6)13(8-2,9-3)10-4/h11-12H,7-10H2,1-6H3. The highest BCUT2D eigenvalue weighted by Crippen LogP contribution is 2.44. The van der Waals surface area contributed by atoms with Crippen molar-refractivity contribution in [3.63, 3.8) is 0 Å². The third-order valence-electron chi connectivity index (χ3n) is 4.14. The van der Waals surface area contributed by atoms with Gasteiger partial charge in [0.25, 0.3) is 0 Å². The van der Waals surface area contributed by atoms with Crippen molar-refractivity contribution in [2.24, 2.45) is 17.3 Å². The van der Waals surface area contributed by atoms with Crippen LogP contribution in [0.1, 0.15) is 67.2 Å². The van der Waals surface area contributed by atoms with Gasteiger partial charge in [-0.05, 0) is 17.3 Å². The zero-order valence-electron chi connectivity index (χ0n) is 10.5. The van der Waals surface area contributed by atoms with Crippen molar-refractivity contribution in [1.82, 2.24) is 0 Å². The molecule has 1 atom stereocenters. The Morgan fingerprint density at radius 2 is 1.23 bits per heavy atom. The summed E-state index contributed by atoms with van der Waals surface area (Å²) >= 11 is 0. The second-order valence-corrected chi connectivity index (χ2v) is 4.68. The highest BCUT2D eigenvalue weighted by atomic mass is 14.4. The summed E-state index contributed by atoms with van der Waals surface area (Å²) < 4.78 is 0. The average Bonchev–Trinajstić information content (AvgIpc) is 2.13. The van der Waals surface area contributed by atoms with Gasteiger partial charge in [0.15, 0.2) is 0 Å². The Balaban J connectivity index is 4.65. The Morgan fingerprint density at radius 1 is 0.846 bits per heavy atom. The summed E-state index contributed by atoms with van der Waals surface area (Å²) in [6.45, 7) is 14.2. The fourth-order valence-electron chi connectivity index (χ4n) is 3.15. The van der Waals surface area contributed by atoms with Gasteiger partial charge in [-0.1, -0.05) is 67.2 Å². The fourth-order valence-corrected chi connectivity index (χ4v) is 3.15. The van der Waals surface area contributed by atoms with Crippen LogP contribution in [-0.4, -0.2) is 0 Å². The minimum Gasteiger partial charge on any atom is -0.0651 e. The van der Waals surface area contributed by atoms with E-state index in [1.54, 1.807) is 0 Å². The summed E-state index contributed by atoms with van der Waals surface area (Å²) in [6.07, 6.45) is 5.37. The zero-order chi connectivity index (χ0) is 10.5. The molecule has 0 aliphatic heterocycles. The van der Waals surface area contributed by atoms with Gasteiger partial charge in [0.05, 0.1) is 0 Å². The van der Waals surface area contributed by atoms with Crippen molar-refractivity contribution in [3.05, 3.63) is 0 Å². The molecule has 0 rings (SSSR count). The van der Waals surface area contributed by atoms with Gasteiger partial charge < -0.3 is 0 Å². The van der Waals surface area contributed by atoms with Crippen molar-refractivity contribution < 1.29 is 0 Å². The van der Waals surface area contributed by atoms with E-state index in [9.17, 15) is 0 Å². The van der Waals surface area contributed by atoms with Crippen LogP contribution in [0.2, 0.25) is 0 Å². The molecule has 0 N–H and O–H groups in total. The van der Waals surface area contributed by atoms with Crippen molar-refractivity contribution in [2.45, 2.75) is 67.2 Å². The predicted octanol–water partition coefficient (Wildman–Crippen LogP) is 4.89. The molecular weight excluding hydrogens is 156 g/mol. The van der Waals surface area contributed by atoms with Crippen LogP contribution in [-0.2, 0) is 0 Å². The monoisotopic (exact) mass is 184 g/mol. The molecule has 0 aromatic rings. The first kappa shape index (κ1) is 13.0. The molecule has 0 fully saturated rings. The summed E-state index contributed by atoms with van der Waals surface area (Å²) in [5.74, 6) is 1.75. The molecule has 13 heavy (non-hydrogen) atoms. The molecule has 0 saturated heterocycles. The molecular formula is C13H28. The lowest BCUT2D eigenvalue weighted by Crippen LogP contribution is -2.32. The van der Waals surface area contributed by atoms with E-state index >= 15 is 0 Å². The van der Waals surface area contributed by atoms with Gasteiger partial charge in [-0.25, -0.2) is 0 Å². The van der Waals surface area contributed by atoms with E-state index in [1.165, 1.54) is 25.7 Å². The Hall–Kier alpha value is 0. The quantitative estimate of drug-likeness (QED) is 0.551. The highest BCUT2D eigenvalue weighted by molar-refractivity contribution is 4.84. The molecule has 80 valence electrons. The number of hydrogen-bond acceptors (Lipinski definition) is 0. The molecule has 1 unspecified atom stereocenters. The van der Waals surface area contributed by atoms with Crippen LogP contribution in [0.4, 0.5) is 0 Å². The first-order chi connectivity index (χ1) is 6.07. The topological polar surface area (TPSA) is 0 Å². The third kappa shape index (κ3) is 2.72. The largest absolute Gasteiger partial charge is 0.0651 e. The van der Waals surface area contributed by atoms with E-state index in [2.05, 4.69) is 41.5 Å². The second kappa shape index (κ2) is 5.67. The Morgan fingerprint density at radius 3 is 1.31 bits per heavy atom. The molecule has 0 heteroatoms. The van der Waals surface area contributed by atoms with Gasteiger partial charge in [0.2, 0.25) is 0 Å². The van der Waals surface area contributed by atoms with Crippen LogP contribution in [0.5, 0.6) is 0 Å². The van der Waals surface area contributed by atoms with Crippen LogP contribution in [0.25, 0.3) is 0 Å². The fraction of sp³-hybridized carbons (Fsp3) is 1.00. The maximum atomic E-state index is 2.38. The SMILES string of the molecule is CCC(C(C)C)C(CC)(CC)CC. The Bertz CT molecular complexity index is 112. The summed E-state index contributed by atoms with van der Waals surface area (Å²) in [6, 6.07) is 0. The normalized spacial score (nSPS) is 15.0. The van der Waals surface area contributed by atoms with Crippen LogP contribution in [0, 0.1) is 17.3 Å². The third-order valence-corrected chi connectivity index (χ3v) is 4.14. The van der Waals surface area contributed by atoms with Crippen LogP contribution < -0.4 is 0 Å². The molecule has 0 nitrogen and oxygen atoms in total. The van der Waals surface area contributed by atoms with E-state index in [4.69, 9.17) is 0 Å². The molecule has 0 radical (unpaired) electrons. The van der Waals surface area contributed by atoms with Crippen molar-refractivity contribution in [1.29, 1.82) is 0 Å². The molecule has 0 aliphatic rings. The van der Waals surface area contributed by atoms with Crippen molar-refractivity contribution >= 4 is 0 Å². The predicted molar refractivity (Wildman–Crippen MR) is 61.9 cm³/mol. The van der Waals surface area contributed by atoms with Crippen LogP contribution in [0.3, 0.4) is 0 Å². The molecule has 0 bridgehead atoms. The first-order valence-electron chi connectivity index (χ1n) is 6.07. The van der Waals surface area contributed by atoms with E-state index in [0.29, 0.717) is 5.41 Å². The summed E-state index contributed by atoms with van der Waals surface area (Å²) in [5, 5.41) is 0. The minimum atomic E-state index is 0.614. The Labute approximate surface area is 85.1 Å². The Kier molecular flexibility index (Phi) is 5.67. The highest BCUT2D eigenvalue weighted by Gasteiger charge is 2.34. The molecule has 0 saturated carbocycles. The lowest BCUT2D eigenvalue weighted by molar-refractivity contribution is 0.0902. The molecule has 0 amide bonds. The second-order valence-electron chi connectivity index (χ2n) is 4.68. The molecule has 0 aromatic heterocycles. The van der Waals surface area contributed by atoms with Gasteiger partial charge >= 0.3 is 0 Å². The molecule has 0 heterocycles. The van der Waals surface area contributed by atoms with Gasteiger partial charge in [0.1, 0.15) is 0 Å². The molecule has 0 aromatic carbocycles. The van der Waals surface area contributed by atoms with Crippen LogP contribution in [0.15, 0.2) is 0 Å². The summed E-state index contributed by atoms with van der Waals surface area (Å²) in [4.78, 5) is 0. The van der Waals surface area contributed by atoms with E-state index < -0.39 is 0 Å². The van der Waals surface area contributed by atoms with Crippen LogP contribution >= 0.6 is 0 Å². The van der Waals surface area contributed by atoms with Gasteiger partial charge in [-0.15, -0.1) is 0 Å². The smallest absolute Gasteiger partial charge is 0.0275 e. The lowest BCUT2D eigenvalue weighted by Gasteiger charge is -2.41. The lowest BCUT2D eigenvalue weighted by atomic mass is 9.64. The maximum Gasteiger partial charge on any atom is -0.0275 e. The number of hydrogen-bond donors (Lipinski definition) is 0. The zero-order valence-corrected chi connectivity index (χ0v) is 10.5. The summed E-state index contributed by atoms with van der Waals surface area (Å²) in [5.41, 5.74) is 0.614. The van der Waals surface area contributed by atoms with Gasteiger partial charge in [-0.2, -0.15) is 0 Å². The number of rotatable bonds is 6.